The highest BCUT2D eigenvalue weighted by molar-refractivity contribution is 6.62. The molecule has 0 bridgehead atoms. The average molecular weight is 258 g/mol. The van der Waals surface area contributed by atoms with Crippen molar-refractivity contribution >= 4 is 23.6 Å². The van der Waals surface area contributed by atoms with Crippen LogP contribution in [0.3, 0.4) is 0 Å². The number of aromatic nitrogens is 2. The molecule has 100 valence electrons. The van der Waals surface area contributed by atoms with Crippen molar-refractivity contribution in [2.24, 2.45) is 0 Å². The number of hydrogen-bond donors (Lipinski definition) is 1. The highest BCUT2D eigenvalue weighted by Gasteiger charge is 2.51. The van der Waals surface area contributed by atoms with Crippen molar-refractivity contribution in [1.29, 1.82) is 0 Å². The molecule has 0 spiro atoms. The lowest BCUT2D eigenvalue weighted by molar-refractivity contribution is 0.00578. The molecule has 1 fully saturated rings. The van der Waals surface area contributed by atoms with Crippen LogP contribution in [0.1, 0.15) is 33.3 Å². The fourth-order valence-corrected chi connectivity index (χ4v) is 2.26. The normalized spacial score (nSPS) is 21.2. The Morgan fingerprint density at radius 3 is 2.42 bits per heavy atom. The second kappa shape index (κ2) is 3.84. The number of pyridine rings is 1. The Hall–Kier alpha value is -1.33. The van der Waals surface area contributed by atoms with Gasteiger partial charge in [-0.15, -0.1) is 0 Å². The van der Waals surface area contributed by atoms with E-state index in [1.165, 1.54) is 5.56 Å². The maximum Gasteiger partial charge on any atom is 0.496 e. The van der Waals surface area contributed by atoms with E-state index in [0.29, 0.717) is 0 Å². The number of aromatic amines is 1. The fraction of sp³-hybridized carbons (Fsp3) is 0.500. The largest absolute Gasteiger partial charge is 0.496 e. The van der Waals surface area contributed by atoms with Crippen molar-refractivity contribution in [1.82, 2.24) is 9.97 Å². The van der Waals surface area contributed by atoms with E-state index < -0.39 is 0 Å². The van der Waals surface area contributed by atoms with Crippen molar-refractivity contribution in [3.05, 3.63) is 24.0 Å². The number of H-pyrrole nitrogens is 1. The van der Waals surface area contributed by atoms with Crippen LogP contribution in [0.5, 0.6) is 0 Å². The molecule has 3 rings (SSSR count). The Bertz CT molecular complexity index is 617. The van der Waals surface area contributed by atoms with E-state index in [4.69, 9.17) is 9.31 Å². The van der Waals surface area contributed by atoms with Crippen LogP contribution < -0.4 is 5.46 Å². The van der Waals surface area contributed by atoms with Gasteiger partial charge < -0.3 is 14.3 Å². The predicted octanol–water partition coefficient (Wildman–Crippen LogP) is 2.17. The molecule has 1 saturated heterocycles. The number of hydrogen-bond acceptors (Lipinski definition) is 3. The second-order valence-electron chi connectivity index (χ2n) is 6.22. The van der Waals surface area contributed by atoms with Gasteiger partial charge in [-0.25, -0.2) is 4.98 Å². The van der Waals surface area contributed by atoms with Crippen molar-refractivity contribution < 1.29 is 9.31 Å². The van der Waals surface area contributed by atoms with Crippen molar-refractivity contribution in [2.45, 2.75) is 45.8 Å². The molecule has 0 aliphatic carbocycles. The Labute approximate surface area is 113 Å². The molecule has 0 atom stereocenters. The molecular formula is C14H19BN2O2. The Morgan fingerprint density at radius 2 is 1.79 bits per heavy atom. The van der Waals surface area contributed by atoms with Crippen molar-refractivity contribution in [3.8, 4) is 0 Å². The quantitative estimate of drug-likeness (QED) is 0.797. The standard InChI is InChI=1S/C14H19BN2O2/c1-9-7-16-12-11(9)6-10(8-17-12)15-18-13(2,3)14(4,5)19-15/h6-8H,1-5H3,(H,16,17). The summed E-state index contributed by atoms with van der Waals surface area (Å²) in [5.74, 6) is 0. The van der Waals surface area contributed by atoms with E-state index in [-0.39, 0.29) is 18.3 Å². The first kappa shape index (κ1) is 12.7. The summed E-state index contributed by atoms with van der Waals surface area (Å²) in [4.78, 5) is 7.57. The van der Waals surface area contributed by atoms with Crippen LogP contribution in [-0.2, 0) is 9.31 Å². The highest BCUT2D eigenvalue weighted by atomic mass is 16.7. The van der Waals surface area contributed by atoms with Crippen LogP contribution in [-0.4, -0.2) is 28.3 Å². The summed E-state index contributed by atoms with van der Waals surface area (Å²) in [6.45, 7) is 10.3. The van der Waals surface area contributed by atoms with Crippen molar-refractivity contribution in [3.63, 3.8) is 0 Å². The van der Waals surface area contributed by atoms with Crippen LogP contribution in [0.4, 0.5) is 0 Å². The molecule has 1 N–H and O–H groups in total. The molecule has 19 heavy (non-hydrogen) atoms. The number of aryl methyl sites for hydroxylation is 1. The molecule has 0 radical (unpaired) electrons. The zero-order valence-corrected chi connectivity index (χ0v) is 12.1. The lowest BCUT2D eigenvalue weighted by Crippen LogP contribution is -2.41. The number of nitrogens with zero attached hydrogens (tertiary/aromatic N) is 1. The number of fused-ring (bicyclic) bond motifs is 1. The van der Waals surface area contributed by atoms with Gasteiger partial charge in [0, 0.05) is 23.2 Å². The van der Waals surface area contributed by atoms with Crippen LogP contribution >= 0.6 is 0 Å². The molecule has 4 nitrogen and oxygen atoms in total. The second-order valence-corrected chi connectivity index (χ2v) is 6.22. The van der Waals surface area contributed by atoms with Gasteiger partial charge in [-0.1, -0.05) is 0 Å². The van der Waals surface area contributed by atoms with Gasteiger partial charge in [0.25, 0.3) is 0 Å². The molecule has 2 aromatic rings. The first-order chi connectivity index (χ1) is 8.80. The predicted molar refractivity (Wildman–Crippen MR) is 76.5 cm³/mol. The minimum absolute atomic E-state index is 0.320. The third kappa shape index (κ3) is 1.88. The monoisotopic (exact) mass is 258 g/mol. The Balaban J connectivity index is 2.00. The summed E-state index contributed by atoms with van der Waals surface area (Å²) in [5.41, 5.74) is 2.41. The lowest BCUT2D eigenvalue weighted by Gasteiger charge is -2.32. The van der Waals surface area contributed by atoms with Gasteiger partial charge in [0.1, 0.15) is 5.65 Å². The SMILES string of the molecule is Cc1c[nH]c2ncc(B3OC(C)(C)C(C)(C)O3)cc12. The Kier molecular flexibility index (Phi) is 2.56. The maximum absolute atomic E-state index is 6.04. The molecule has 0 saturated carbocycles. The summed E-state index contributed by atoms with van der Waals surface area (Å²) in [6.07, 6.45) is 3.78. The van der Waals surface area contributed by atoms with E-state index in [9.17, 15) is 0 Å². The van der Waals surface area contributed by atoms with Gasteiger partial charge in [0.2, 0.25) is 0 Å². The first-order valence-electron chi connectivity index (χ1n) is 6.59. The topological polar surface area (TPSA) is 47.1 Å². The van der Waals surface area contributed by atoms with Crippen LogP contribution in [0, 0.1) is 6.92 Å². The van der Waals surface area contributed by atoms with Gasteiger partial charge in [0.05, 0.1) is 11.2 Å². The third-order valence-electron chi connectivity index (χ3n) is 4.28. The number of rotatable bonds is 1. The molecule has 2 aromatic heterocycles. The molecule has 0 amide bonds. The van der Waals surface area contributed by atoms with Gasteiger partial charge >= 0.3 is 7.12 Å². The number of nitrogens with one attached hydrogen (secondary N) is 1. The molecule has 1 aliphatic heterocycles. The van der Waals surface area contributed by atoms with Gasteiger partial charge in [-0.05, 0) is 46.2 Å². The summed E-state index contributed by atoms with van der Waals surface area (Å²) < 4.78 is 12.1. The molecule has 5 heteroatoms. The summed E-state index contributed by atoms with van der Waals surface area (Å²) in [6, 6.07) is 2.09. The van der Waals surface area contributed by atoms with E-state index in [1.54, 1.807) is 0 Å². The van der Waals surface area contributed by atoms with E-state index >= 15 is 0 Å². The van der Waals surface area contributed by atoms with Crippen LogP contribution in [0.15, 0.2) is 18.5 Å². The average Bonchev–Trinajstić information content (AvgIpc) is 2.78. The van der Waals surface area contributed by atoms with Gasteiger partial charge in [0.15, 0.2) is 0 Å². The first-order valence-corrected chi connectivity index (χ1v) is 6.59. The minimum Gasteiger partial charge on any atom is -0.399 e. The third-order valence-corrected chi connectivity index (χ3v) is 4.28. The Morgan fingerprint density at radius 1 is 1.16 bits per heavy atom. The lowest BCUT2D eigenvalue weighted by atomic mass is 9.80. The summed E-state index contributed by atoms with van der Waals surface area (Å²) in [5, 5.41) is 1.12. The molecule has 3 heterocycles. The van der Waals surface area contributed by atoms with Crippen molar-refractivity contribution in [2.75, 3.05) is 0 Å². The van der Waals surface area contributed by atoms with E-state index in [1.807, 2.05) is 12.4 Å². The maximum atomic E-state index is 6.04. The zero-order chi connectivity index (χ0) is 13.8. The molecule has 1 aliphatic rings. The van der Waals surface area contributed by atoms with Crippen LogP contribution in [0.2, 0.25) is 0 Å². The summed E-state index contributed by atoms with van der Waals surface area (Å²) >= 11 is 0. The molecule has 0 unspecified atom stereocenters. The van der Waals surface area contributed by atoms with E-state index in [2.05, 4.69) is 50.7 Å². The van der Waals surface area contributed by atoms with E-state index in [0.717, 1.165) is 16.5 Å². The summed E-state index contributed by atoms with van der Waals surface area (Å²) in [7, 11) is -0.351. The smallest absolute Gasteiger partial charge is 0.399 e. The minimum atomic E-state index is -0.351. The molecular weight excluding hydrogens is 239 g/mol. The fourth-order valence-electron chi connectivity index (χ4n) is 2.26. The van der Waals surface area contributed by atoms with Gasteiger partial charge in [-0.3, -0.25) is 0 Å². The highest BCUT2D eigenvalue weighted by Crippen LogP contribution is 2.36. The van der Waals surface area contributed by atoms with Crippen LogP contribution in [0.25, 0.3) is 11.0 Å². The molecule has 0 aromatic carbocycles. The zero-order valence-electron chi connectivity index (χ0n) is 12.1. The van der Waals surface area contributed by atoms with Gasteiger partial charge in [-0.2, -0.15) is 0 Å².